The van der Waals surface area contributed by atoms with Crippen LogP contribution in [0.2, 0.25) is 0 Å². The van der Waals surface area contributed by atoms with Crippen LogP contribution in [0, 0.1) is 11.7 Å². The summed E-state index contributed by atoms with van der Waals surface area (Å²) in [5.74, 6) is 0.647. The van der Waals surface area contributed by atoms with Gasteiger partial charge in [-0.15, -0.1) is 0 Å². The molecule has 0 aliphatic carbocycles. The molecule has 1 fully saturated rings. The Labute approximate surface area is 99.8 Å². The van der Waals surface area contributed by atoms with Gasteiger partial charge in [0, 0.05) is 10.9 Å². The zero-order chi connectivity index (χ0) is 11.8. The van der Waals surface area contributed by atoms with Crippen molar-refractivity contribution in [2.75, 3.05) is 13.1 Å². The van der Waals surface area contributed by atoms with E-state index in [0.717, 1.165) is 36.0 Å². The SMILES string of the molecule is C[C@H]1CNCC[C@H]1c1c(F)ccc2occc12. The average Bonchev–Trinajstić information content (AvgIpc) is 2.79. The predicted molar refractivity (Wildman–Crippen MR) is 65.6 cm³/mol. The van der Waals surface area contributed by atoms with Crippen LogP contribution in [0.25, 0.3) is 11.0 Å². The molecule has 0 bridgehead atoms. The Kier molecular flexibility index (Phi) is 2.63. The number of furan rings is 1. The first-order chi connectivity index (χ1) is 8.27. The lowest BCUT2D eigenvalue weighted by molar-refractivity contribution is 0.343. The lowest BCUT2D eigenvalue weighted by Gasteiger charge is -2.30. The maximum Gasteiger partial charge on any atom is 0.134 e. The second-order valence-corrected chi connectivity index (χ2v) is 4.87. The van der Waals surface area contributed by atoms with E-state index < -0.39 is 0 Å². The first-order valence-electron chi connectivity index (χ1n) is 6.13. The summed E-state index contributed by atoms with van der Waals surface area (Å²) in [5.41, 5.74) is 1.62. The van der Waals surface area contributed by atoms with Gasteiger partial charge in [0.25, 0.3) is 0 Å². The largest absolute Gasteiger partial charge is 0.464 e. The molecule has 90 valence electrons. The van der Waals surface area contributed by atoms with Gasteiger partial charge in [0.2, 0.25) is 0 Å². The number of piperidine rings is 1. The normalized spacial score (nSPS) is 25.3. The summed E-state index contributed by atoms with van der Waals surface area (Å²) < 4.78 is 19.5. The lowest BCUT2D eigenvalue weighted by Crippen LogP contribution is -2.34. The van der Waals surface area contributed by atoms with Crippen molar-refractivity contribution >= 4 is 11.0 Å². The maximum absolute atomic E-state index is 14.1. The van der Waals surface area contributed by atoms with Gasteiger partial charge < -0.3 is 9.73 Å². The molecular formula is C14H16FNO. The molecule has 1 N–H and O–H groups in total. The van der Waals surface area contributed by atoms with Gasteiger partial charge in [0.1, 0.15) is 11.4 Å². The van der Waals surface area contributed by atoms with Crippen LogP contribution in [0.4, 0.5) is 4.39 Å². The van der Waals surface area contributed by atoms with E-state index in [1.807, 2.05) is 6.07 Å². The van der Waals surface area contributed by atoms with E-state index in [1.165, 1.54) is 6.07 Å². The molecule has 1 saturated heterocycles. The molecule has 2 nitrogen and oxygen atoms in total. The molecule has 2 aromatic rings. The van der Waals surface area contributed by atoms with E-state index in [2.05, 4.69) is 12.2 Å². The molecule has 0 amide bonds. The van der Waals surface area contributed by atoms with Crippen LogP contribution in [0.15, 0.2) is 28.9 Å². The monoisotopic (exact) mass is 233 g/mol. The Balaban J connectivity index is 2.14. The Morgan fingerprint density at radius 2 is 2.24 bits per heavy atom. The lowest BCUT2D eigenvalue weighted by atomic mass is 9.81. The Hall–Kier alpha value is -1.35. The molecule has 0 spiro atoms. The highest BCUT2D eigenvalue weighted by molar-refractivity contribution is 5.81. The highest BCUT2D eigenvalue weighted by Crippen LogP contribution is 2.36. The summed E-state index contributed by atoms with van der Waals surface area (Å²) in [6, 6.07) is 5.11. The summed E-state index contributed by atoms with van der Waals surface area (Å²) in [7, 11) is 0. The predicted octanol–water partition coefficient (Wildman–Crippen LogP) is 3.28. The van der Waals surface area contributed by atoms with Gasteiger partial charge >= 0.3 is 0 Å². The number of rotatable bonds is 1. The molecule has 1 aliphatic heterocycles. The molecule has 1 aliphatic rings. The summed E-state index contributed by atoms with van der Waals surface area (Å²) in [6.07, 6.45) is 2.63. The minimum atomic E-state index is -0.0994. The van der Waals surface area contributed by atoms with Gasteiger partial charge in [-0.3, -0.25) is 0 Å². The average molecular weight is 233 g/mol. The van der Waals surface area contributed by atoms with Gasteiger partial charge in [-0.2, -0.15) is 0 Å². The molecule has 1 aromatic heterocycles. The minimum absolute atomic E-state index is 0.0994. The van der Waals surface area contributed by atoms with Crippen molar-refractivity contribution in [3.63, 3.8) is 0 Å². The zero-order valence-electron chi connectivity index (χ0n) is 9.87. The third kappa shape index (κ3) is 1.75. The van der Waals surface area contributed by atoms with Crippen molar-refractivity contribution < 1.29 is 8.81 Å². The Morgan fingerprint density at radius 1 is 1.35 bits per heavy atom. The van der Waals surface area contributed by atoms with E-state index >= 15 is 0 Å². The summed E-state index contributed by atoms with van der Waals surface area (Å²) in [6.45, 7) is 4.09. The molecule has 3 heteroatoms. The third-order valence-corrected chi connectivity index (χ3v) is 3.78. The third-order valence-electron chi connectivity index (χ3n) is 3.78. The number of halogens is 1. The van der Waals surface area contributed by atoms with Gasteiger partial charge in [-0.25, -0.2) is 4.39 Å². The molecule has 0 saturated carbocycles. The first-order valence-corrected chi connectivity index (χ1v) is 6.13. The van der Waals surface area contributed by atoms with Gasteiger partial charge in [0.15, 0.2) is 0 Å². The van der Waals surface area contributed by atoms with Crippen LogP contribution in [-0.4, -0.2) is 13.1 Å². The standard InChI is InChI=1S/C14H16FNO/c1-9-8-16-6-4-10(9)14-11-5-7-17-13(11)3-2-12(14)15/h2-3,5,7,9-10,16H,4,6,8H2,1H3/t9-,10+/m0/s1. The molecule has 17 heavy (non-hydrogen) atoms. The topological polar surface area (TPSA) is 25.2 Å². The zero-order valence-corrected chi connectivity index (χ0v) is 9.87. The highest BCUT2D eigenvalue weighted by Gasteiger charge is 2.27. The summed E-state index contributed by atoms with van der Waals surface area (Å²) >= 11 is 0. The highest BCUT2D eigenvalue weighted by atomic mass is 19.1. The maximum atomic E-state index is 14.1. The number of hydrogen-bond donors (Lipinski definition) is 1. The van der Waals surface area contributed by atoms with Crippen molar-refractivity contribution in [3.05, 3.63) is 35.8 Å². The molecule has 2 atom stereocenters. The van der Waals surface area contributed by atoms with Gasteiger partial charge in [0.05, 0.1) is 6.26 Å². The number of fused-ring (bicyclic) bond motifs is 1. The van der Waals surface area contributed by atoms with Crippen molar-refractivity contribution in [1.29, 1.82) is 0 Å². The molecule has 0 radical (unpaired) electrons. The van der Waals surface area contributed by atoms with Crippen molar-refractivity contribution in [2.45, 2.75) is 19.3 Å². The van der Waals surface area contributed by atoms with Crippen LogP contribution in [0.5, 0.6) is 0 Å². The Bertz CT molecular complexity index is 534. The van der Waals surface area contributed by atoms with E-state index in [9.17, 15) is 4.39 Å². The quantitative estimate of drug-likeness (QED) is 0.817. The summed E-state index contributed by atoms with van der Waals surface area (Å²) in [4.78, 5) is 0. The van der Waals surface area contributed by atoms with E-state index in [-0.39, 0.29) is 11.7 Å². The fourth-order valence-electron chi connectivity index (χ4n) is 2.86. The second kappa shape index (κ2) is 4.15. The van der Waals surface area contributed by atoms with Crippen molar-refractivity contribution in [1.82, 2.24) is 5.32 Å². The van der Waals surface area contributed by atoms with Crippen LogP contribution < -0.4 is 5.32 Å². The number of hydrogen-bond acceptors (Lipinski definition) is 2. The van der Waals surface area contributed by atoms with Crippen LogP contribution in [-0.2, 0) is 0 Å². The van der Waals surface area contributed by atoms with Gasteiger partial charge in [-0.05, 0) is 49.5 Å². The van der Waals surface area contributed by atoms with Crippen LogP contribution in [0.1, 0.15) is 24.8 Å². The minimum Gasteiger partial charge on any atom is -0.464 e. The first kappa shape index (κ1) is 10.8. The smallest absolute Gasteiger partial charge is 0.134 e. The van der Waals surface area contributed by atoms with E-state index in [1.54, 1.807) is 12.3 Å². The van der Waals surface area contributed by atoms with Crippen LogP contribution >= 0.6 is 0 Å². The Morgan fingerprint density at radius 3 is 3.06 bits per heavy atom. The van der Waals surface area contributed by atoms with Crippen molar-refractivity contribution in [2.24, 2.45) is 5.92 Å². The van der Waals surface area contributed by atoms with E-state index in [0.29, 0.717) is 5.92 Å². The molecule has 3 rings (SSSR count). The fraction of sp³-hybridized carbons (Fsp3) is 0.429. The van der Waals surface area contributed by atoms with E-state index in [4.69, 9.17) is 4.42 Å². The fourth-order valence-corrected chi connectivity index (χ4v) is 2.86. The number of benzene rings is 1. The number of nitrogens with one attached hydrogen (secondary N) is 1. The second-order valence-electron chi connectivity index (χ2n) is 4.87. The summed E-state index contributed by atoms with van der Waals surface area (Å²) in [5, 5.41) is 4.28. The molecule has 0 unspecified atom stereocenters. The van der Waals surface area contributed by atoms with Gasteiger partial charge in [-0.1, -0.05) is 6.92 Å². The molecule has 1 aromatic carbocycles. The molecular weight excluding hydrogens is 217 g/mol. The molecule has 2 heterocycles. The van der Waals surface area contributed by atoms with Crippen LogP contribution in [0.3, 0.4) is 0 Å². The van der Waals surface area contributed by atoms with Crippen molar-refractivity contribution in [3.8, 4) is 0 Å².